The Morgan fingerprint density at radius 1 is 0.629 bits per heavy atom. The minimum absolute atomic E-state index is 0.0257. The van der Waals surface area contributed by atoms with Crippen LogP contribution < -0.4 is 0 Å². The van der Waals surface area contributed by atoms with E-state index in [1.807, 2.05) is 27.2 Å². The molecule has 0 spiro atoms. The largest absolute Gasteiger partial charge is 0.373 e. The molecule has 1 atom stereocenters. The summed E-state index contributed by atoms with van der Waals surface area (Å²) in [6, 6.07) is 0. The van der Waals surface area contributed by atoms with Crippen LogP contribution >= 0.6 is 7.60 Å². The summed E-state index contributed by atoms with van der Waals surface area (Å²) in [7, 11) is 0.890. The molecule has 0 saturated heterocycles. The van der Waals surface area contributed by atoms with E-state index in [2.05, 4.69) is 25.2 Å². The fourth-order valence-electron chi connectivity index (χ4n) is 4.49. The highest BCUT2D eigenvalue weighted by atomic mass is 31.2. The van der Waals surface area contributed by atoms with E-state index in [1.165, 1.54) is 89.9 Å². The van der Waals surface area contributed by atoms with Crippen molar-refractivity contribution in [2.24, 2.45) is 0 Å². The molecule has 0 aromatic carbocycles. The third-order valence-electron chi connectivity index (χ3n) is 6.53. The van der Waals surface area contributed by atoms with Crippen LogP contribution in [0.15, 0.2) is 24.3 Å². The van der Waals surface area contributed by atoms with Crippen LogP contribution in [0.25, 0.3) is 0 Å². The average molecular weight is 517 g/mol. The molecule has 0 fully saturated rings. The summed E-state index contributed by atoms with van der Waals surface area (Å²) >= 11 is 0. The van der Waals surface area contributed by atoms with Crippen molar-refractivity contribution < 1.29 is 23.9 Å². The van der Waals surface area contributed by atoms with Crippen LogP contribution in [0.3, 0.4) is 0 Å². The van der Waals surface area contributed by atoms with Crippen molar-refractivity contribution in [3.8, 4) is 0 Å². The van der Waals surface area contributed by atoms with Gasteiger partial charge in [0.15, 0.2) is 0 Å². The highest BCUT2D eigenvalue weighted by molar-refractivity contribution is 7.53. The molecule has 6 heteroatoms. The van der Waals surface area contributed by atoms with Crippen molar-refractivity contribution in [2.45, 2.75) is 134 Å². The van der Waals surface area contributed by atoms with Gasteiger partial charge in [-0.15, -0.1) is 0 Å². The van der Waals surface area contributed by atoms with Crippen LogP contribution in [-0.4, -0.2) is 52.4 Å². The fourth-order valence-corrected chi connectivity index (χ4v) is 5.52. The zero-order valence-electron chi connectivity index (χ0n) is 23.6. The first-order valence-corrected chi connectivity index (χ1v) is 16.0. The monoisotopic (exact) mass is 516 g/mol. The Morgan fingerprint density at radius 3 is 1.34 bits per heavy atom. The third kappa shape index (κ3) is 21.4. The summed E-state index contributed by atoms with van der Waals surface area (Å²) < 4.78 is 12.1. The molecule has 0 radical (unpaired) electrons. The molecular formula is C29H59NO4P+. The van der Waals surface area contributed by atoms with Crippen molar-refractivity contribution in [3.05, 3.63) is 24.3 Å². The smallest absolute Gasteiger partial charge is 0.362 e. The molecule has 0 rings (SSSR count). The highest BCUT2D eigenvalue weighted by Gasteiger charge is 2.48. The average Bonchev–Trinajstić information content (AvgIpc) is 2.75. The number of aliphatic hydroxyl groups is 1. The molecule has 5 nitrogen and oxygen atoms in total. The molecule has 0 aromatic heterocycles. The minimum atomic E-state index is -4.58. The summed E-state index contributed by atoms with van der Waals surface area (Å²) in [5, 5.41) is 8.57. The van der Waals surface area contributed by atoms with E-state index < -0.39 is 12.9 Å². The number of unbranched alkanes of at least 4 members (excludes halogenated alkanes) is 15. The minimum Gasteiger partial charge on any atom is -0.373 e. The van der Waals surface area contributed by atoms with Crippen LogP contribution in [0.5, 0.6) is 0 Å². The van der Waals surface area contributed by atoms with Crippen LogP contribution in [0.2, 0.25) is 0 Å². The van der Waals surface area contributed by atoms with Crippen molar-refractivity contribution >= 4 is 7.60 Å². The third-order valence-corrected chi connectivity index (χ3v) is 7.98. The molecule has 3 N–H and O–H groups in total. The first kappa shape index (κ1) is 34.6. The molecule has 0 bridgehead atoms. The molecular weight excluding hydrogens is 457 g/mol. The summed E-state index contributed by atoms with van der Waals surface area (Å²) in [5.74, 6) is 0. The fraction of sp³-hybridized carbons (Fsp3) is 0.862. The Hall–Kier alpha value is -0.450. The van der Waals surface area contributed by atoms with Crippen LogP contribution in [0.4, 0.5) is 0 Å². The zero-order chi connectivity index (χ0) is 26.5. The van der Waals surface area contributed by atoms with Gasteiger partial charge in [0, 0.05) is 0 Å². The van der Waals surface area contributed by atoms with Gasteiger partial charge in [-0.05, 0) is 51.4 Å². The van der Waals surface area contributed by atoms with Crippen molar-refractivity contribution in [3.63, 3.8) is 0 Å². The Balaban J connectivity index is 3.62. The number of nitrogens with zero attached hydrogens (tertiary/aromatic N) is 1. The van der Waals surface area contributed by atoms with E-state index in [0.29, 0.717) is 10.9 Å². The van der Waals surface area contributed by atoms with Gasteiger partial charge in [-0.25, -0.2) is 0 Å². The molecule has 0 aliphatic heterocycles. The maximum absolute atomic E-state index is 11.8. The topological polar surface area (TPSA) is 77.8 Å². The molecule has 0 heterocycles. The number of hydrogen-bond donors (Lipinski definition) is 3. The van der Waals surface area contributed by atoms with Gasteiger partial charge in [-0.2, -0.15) is 0 Å². The number of likely N-dealkylation sites (N-methyl/N-ethyl adjacent to an activating group) is 1. The van der Waals surface area contributed by atoms with E-state index in [4.69, 9.17) is 0 Å². The van der Waals surface area contributed by atoms with Gasteiger partial charge in [0.05, 0.1) is 21.1 Å². The molecule has 0 aliphatic carbocycles. The van der Waals surface area contributed by atoms with Crippen molar-refractivity contribution in [2.75, 3.05) is 27.7 Å². The lowest BCUT2D eigenvalue weighted by Crippen LogP contribution is -2.49. The Bertz CT molecular complexity index is 594. The van der Waals surface area contributed by atoms with Crippen LogP contribution in [0, 0.1) is 0 Å². The predicted molar refractivity (Wildman–Crippen MR) is 152 cm³/mol. The number of quaternary nitrogens is 1. The maximum atomic E-state index is 11.8. The Labute approximate surface area is 217 Å². The van der Waals surface area contributed by atoms with Crippen molar-refractivity contribution in [1.29, 1.82) is 0 Å². The summed E-state index contributed by atoms with van der Waals surface area (Å²) in [4.78, 5) is 19.2. The Morgan fingerprint density at radius 2 is 0.971 bits per heavy atom. The van der Waals surface area contributed by atoms with Gasteiger partial charge in [0.1, 0.15) is 6.54 Å². The molecule has 1 unspecified atom stereocenters. The lowest BCUT2D eigenvalue weighted by Gasteiger charge is -2.35. The van der Waals surface area contributed by atoms with Gasteiger partial charge < -0.3 is 19.4 Å². The van der Waals surface area contributed by atoms with Gasteiger partial charge in [-0.1, -0.05) is 102 Å². The second kappa shape index (κ2) is 20.6. The summed E-state index contributed by atoms with van der Waals surface area (Å²) in [6.07, 6.45) is 31.5. The van der Waals surface area contributed by atoms with Gasteiger partial charge in [0.25, 0.3) is 0 Å². The van der Waals surface area contributed by atoms with E-state index >= 15 is 0 Å². The standard InChI is InChI=1S/C29H58NO4P/c1-5-6-7-8-9-10-11-12-13-14-15-16-17-18-19-20-21-22-23-24-25-26-27-29(31,35(32,33)34)28-30(2,3)4/h17-18,24-25,31H,5-16,19-23,26-28H2,1-4H3,(H-,32,33,34)/p+1/b18-17-,25-24-. The lowest BCUT2D eigenvalue weighted by atomic mass is 10.1. The zero-order valence-corrected chi connectivity index (χ0v) is 24.5. The quantitative estimate of drug-likeness (QED) is 0.0524. The van der Waals surface area contributed by atoms with Gasteiger partial charge >= 0.3 is 7.60 Å². The second-order valence-corrected chi connectivity index (χ2v) is 13.3. The predicted octanol–water partition coefficient (Wildman–Crippen LogP) is 8.10. The van der Waals surface area contributed by atoms with E-state index in [-0.39, 0.29) is 13.0 Å². The number of rotatable bonds is 24. The normalized spacial score (nSPS) is 14.8. The summed E-state index contributed by atoms with van der Waals surface area (Å²) in [5.41, 5.74) is 0. The highest BCUT2D eigenvalue weighted by Crippen LogP contribution is 2.52. The van der Waals surface area contributed by atoms with E-state index in [1.54, 1.807) is 0 Å². The lowest BCUT2D eigenvalue weighted by molar-refractivity contribution is -0.875. The number of hydrogen-bond acceptors (Lipinski definition) is 2. The molecule has 0 aliphatic rings. The van der Waals surface area contributed by atoms with Gasteiger partial charge in [0.2, 0.25) is 5.34 Å². The first-order chi connectivity index (χ1) is 16.5. The van der Waals surface area contributed by atoms with Crippen LogP contribution in [0.1, 0.15) is 129 Å². The molecule has 0 saturated carbocycles. The maximum Gasteiger partial charge on any atom is 0.362 e. The number of allylic oxidation sites excluding steroid dienone is 4. The molecule has 35 heavy (non-hydrogen) atoms. The summed E-state index contributed by atoms with van der Waals surface area (Å²) in [6.45, 7) is 2.30. The Kier molecular flexibility index (Phi) is 20.3. The van der Waals surface area contributed by atoms with E-state index in [0.717, 1.165) is 19.3 Å². The SMILES string of the molecule is CCCCCCCCCCCCC/C=C\CCCCC/C=C\CCC(O)(C[N+](C)(C)C)P(=O)(O)O. The molecule has 208 valence electrons. The second-order valence-electron chi connectivity index (χ2n) is 11.4. The molecule has 0 aromatic rings. The van der Waals surface area contributed by atoms with Crippen LogP contribution in [-0.2, 0) is 4.57 Å². The van der Waals surface area contributed by atoms with Crippen molar-refractivity contribution in [1.82, 2.24) is 0 Å². The van der Waals surface area contributed by atoms with Gasteiger partial charge in [-0.3, -0.25) is 4.57 Å². The van der Waals surface area contributed by atoms with E-state index in [9.17, 15) is 19.5 Å². The molecule has 0 amide bonds. The first-order valence-electron chi connectivity index (χ1n) is 14.4.